The topological polar surface area (TPSA) is 93.4 Å². The van der Waals surface area contributed by atoms with Crippen LogP contribution in [-0.2, 0) is 28.9 Å². The third-order valence-electron chi connectivity index (χ3n) is 5.97. The molecule has 0 spiro atoms. The number of hydrogen-bond acceptors (Lipinski definition) is 8. The third kappa shape index (κ3) is 6.51. The van der Waals surface area contributed by atoms with Crippen LogP contribution in [0.2, 0.25) is 0 Å². The second-order valence-corrected chi connectivity index (χ2v) is 9.50. The van der Waals surface area contributed by atoms with Gasteiger partial charge in [0.1, 0.15) is 0 Å². The quantitative estimate of drug-likeness (QED) is 0.338. The molecule has 0 atom stereocenters. The summed E-state index contributed by atoms with van der Waals surface area (Å²) in [7, 11) is 0. The van der Waals surface area contributed by atoms with Gasteiger partial charge < -0.3 is 14.5 Å². The standard InChI is InChI=1S/C27H27N5O3S/c33-26(30-23-5-1-20(2-6-23)3-8-27-31-29-19-35-27)7-4-21-16-28-10-9-25(21)22-15-24(36-18-22)17-32-11-13-34-14-12-32/h1-2,4-7,9-10,15-16,18-19H,3,8,11-14,17H2,(H,30,33). The zero-order chi connectivity index (χ0) is 24.6. The van der Waals surface area contributed by atoms with Crippen LogP contribution in [0.25, 0.3) is 17.2 Å². The summed E-state index contributed by atoms with van der Waals surface area (Å²) in [5, 5.41) is 12.7. The lowest BCUT2D eigenvalue weighted by Gasteiger charge is -2.25. The first-order valence-electron chi connectivity index (χ1n) is 11.9. The molecule has 184 valence electrons. The van der Waals surface area contributed by atoms with Crippen molar-refractivity contribution in [1.82, 2.24) is 20.1 Å². The van der Waals surface area contributed by atoms with Gasteiger partial charge in [-0.1, -0.05) is 12.1 Å². The Bertz CT molecular complexity index is 1300. The molecule has 0 radical (unpaired) electrons. The number of nitrogens with one attached hydrogen (secondary N) is 1. The summed E-state index contributed by atoms with van der Waals surface area (Å²) in [6.07, 6.45) is 9.74. The zero-order valence-corrected chi connectivity index (χ0v) is 20.6. The van der Waals surface area contributed by atoms with E-state index in [1.807, 2.05) is 36.4 Å². The highest BCUT2D eigenvalue weighted by molar-refractivity contribution is 7.10. The maximum atomic E-state index is 12.6. The molecular weight excluding hydrogens is 474 g/mol. The van der Waals surface area contributed by atoms with Gasteiger partial charge in [0.05, 0.1) is 13.2 Å². The van der Waals surface area contributed by atoms with Gasteiger partial charge in [0.2, 0.25) is 18.2 Å². The monoisotopic (exact) mass is 501 g/mol. The van der Waals surface area contributed by atoms with E-state index < -0.39 is 0 Å². The molecule has 9 heteroatoms. The van der Waals surface area contributed by atoms with E-state index >= 15 is 0 Å². The number of carbonyl (C=O) groups excluding carboxylic acids is 1. The lowest BCUT2D eigenvalue weighted by molar-refractivity contribution is -0.111. The van der Waals surface area contributed by atoms with Gasteiger partial charge in [-0.15, -0.1) is 21.5 Å². The number of benzene rings is 1. The minimum Gasteiger partial charge on any atom is -0.428 e. The van der Waals surface area contributed by atoms with E-state index in [1.165, 1.54) is 11.3 Å². The fourth-order valence-corrected chi connectivity index (χ4v) is 4.97. The third-order valence-corrected chi connectivity index (χ3v) is 6.89. The number of rotatable bonds is 9. The second kappa shape index (κ2) is 11.9. The normalized spacial score (nSPS) is 14.3. The first-order chi connectivity index (χ1) is 17.7. The fourth-order valence-electron chi connectivity index (χ4n) is 4.05. The van der Waals surface area contributed by atoms with Crippen LogP contribution < -0.4 is 5.32 Å². The highest BCUT2D eigenvalue weighted by Crippen LogP contribution is 2.29. The Kier molecular flexibility index (Phi) is 7.92. The molecule has 1 N–H and O–H groups in total. The first kappa shape index (κ1) is 24.1. The predicted molar refractivity (Wildman–Crippen MR) is 139 cm³/mol. The number of thiophene rings is 1. The molecule has 1 fully saturated rings. The molecule has 1 aromatic carbocycles. The molecule has 0 aliphatic carbocycles. The molecule has 0 unspecified atom stereocenters. The number of aromatic nitrogens is 3. The maximum Gasteiger partial charge on any atom is 0.248 e. The Hall–Kier alpha value is -3.66. The molecule has 1 saturated heterocycles. The van der Waals surface area contributed by atoms with Crippen molar-refractivity contribution in [2.75, 3.05) is 31.6 Å². The molecule has 1 aliphatic rings. The first-order valence-corrected chi connectivity index (χ1v) is 12.8. The van der Waals surface area contributed by atoms with E-state index in [0.29, 0.717) is 12.3 Å². The number of hydrogen-bond donors (Lipinski definition) is 1. The zero-order valence-electron chi connectivity index (χ0n) is 19.8. The number of aryl methyl sites for hydroxylation is 2. The summed E-state index contributed by atoms with van der Waals surface area (Å²) in [6, 6.07) is 12.0. The van der Waals surface area contributed by atoms with Crippen molar-refractivity contribution < 1.29 is 13.9 Å². The van der Waals surface area contributed by atoms with Crippen LogP contribution in [0.1, 0.15) is 21.9 Å². The summed E-state index contributed by atoms with van der Waals surface area (Å²) in [5.74, 6) is 0.421. The van der Waals surface area contributed by atoms with Gasteiger partial charge >= 0.3 is 0 Å². The Labute approximate surface area is 213 Å². The Morgan fingerprint density at radius 1 is 1.14 bits per heavy atom. The van der Waals surface area contributed by atoms with E-state index in [9.17, 15) is 4.79 Å². The lowest BCUT2D eigenvalue weighted by atomic mass is 10.0. The van der Waals surface area contributed by atoms with Crippen molar-refractivity contribution in [3.05, 3.63) is 88.5 Å². The van der Waals surface area contributed by atoms with Gasteiger partial charge in [-0.05, 0) is 58.8 Å². The van der Waals surface area contributed by atoms with Crippen LogP contribution in [0.3, 0.4) is 0 Å². The van der Waals surface area contributed by atoms with E-state index in [-0.39, 0.29) is 5.91 Å². The molecule has 0 bridgehead atoms. The Morgan fingerprint density at radius 3 is 2.81 bits per heavy atom. The molecule has 8 nitrogen and oxygen atoms in total. The number of morpholine rings is 1. The molecule has 3 aromatic heterocycles. The van der Waals surface area contributed by atoms with E-state index in [4.69, 9.17) is 9.15 Å². The van der Waals surface area contributed by atoms with Crippen LogP contribution in [-0.4, -0.2) is 52.3 Å². The summed E-state index contributed by atoms with van der Waals surface area (Å²) >= 11 is 1.76. The van der Waals surface area contributed by atoms with Gasteiger partial charge in [0.25, 0.3) is 0 Å². The minimum atomic E-state index is -0.193. The van der Waals surface area contributed by atoms with E-state index in [1.54, 1.807) is 29.8 Å². The minimum absolute atomic E-state index is 0.193. The fraction of sp³-hybridized carbons (Fsp3) is 0.259. The molecule has 4 heterocycles. The van der Waals surface area contributed by atoms with Crippen molar-refractivity contribution in [2.45, 2.75) is 19.4 Å². The molecule has 36 heavy (non-hydrogen) atoms. The smallest absolute Gasteiger partial charge is 0.248 e. The molecule has 5 rings (SSSR count). The van der Waals surface area contributed by atoms with Gasteiger partial charge in [-0.3, -0.25) is 14.7 Å². The van der Waals surface area contributed by atoms with Crippen molar-refractivity contribution in [1.29, 1.82) is 0 Å². The number of ether oxygens (including phenoxy) is 1. The van der Waals surface area contributed by atoms with Crippen molar-refractivity contribution >= 4 is 29.0 Å². The molecule has 1 aliphatic heterocycles. The number of nitrogens with zero attached hydrogens (tertiary/aromatic N) is 4. The van der Waals surface area contributed by atoms with Gasteiger partial charge in [-0.2, -0.15) is 0 Å². The van der Waals surface area contributed by atoms with E-state index in [0.717, 1.165) is 67.2 Å². The van der Waals surface area contributed by atoms with Crippen LogP contribution in [0.15, 0.2) is 71.1 Å². The summed E-state index contributed by atoms with van der Waals surface area (Å²) in [5.41, 5.74) is 4.97. The Morgan fingerprint density at radius 2 is 2.00 bits per heavy atom. The van der Waals surface area contributed by atoms with Gasteiger partial charge in [0, 0.05) is 60.7 Å². The van der Waals surface area contributed by atoms with Crippen molar-refractivity contribution in [3.8, 4) is 11.1 Å². The largest absolute Gasteiger partial charge is 0.428 e. The van der Waals surface area contributed by atoms with Crippen LogP contribution in [0.4, 0.5) is 5.69 Å². The highest BCUT2D eigenvalue weighted by Gasteiger charge is 2.13. The van der Waals surface area contributed by atoms with Crippen LogP contribution >= 0.6 is 11.3 Å². The second-order valence-electron chi connectivity index (χ2n) is 8.51. The van der Waals surface area contributed by atoms with Crippen molar-refractivity contribution in [3.63, 3.8) is 0 Å². The summed E-state index contributed by atoms with van der Waals surface area (Å²) < 4.78 is 10.6. The molecule has 1 amide bonds. The summed E-state index contributed by atoms with van der Waals surface area (Å²) in [4.78, 5) is 20.6. The molecular formula is C27H27N5O3S. The Balaban J connectivity index is 1.19. The van der Waals surface area contributed by atoms with Crippen molar-refractivity contribution in [2.24, 2.45) is 0 Å². The highest BCUT2D eigenvalue weighted by atomic mass is 32.1. The number of carbonyl (C=O) groups is 1. The summed E-state index contributed by atoms with van der Waals surface area (Å²) in [6.45, 7) is 4.46. The predicted octanol–water partition coefficient (Wildman–Crippen LogP) is 4.46. The average molecular weight is 502 g/mol. The van der Waals surface area contributed by atoms with Crippen LogP contribution in [0, 0.1) is 0 Å². The number of anilines is 1. The SMILES string of the molecule is O=C(C=Cc1cnccc1-c1csc(CN2CCOCC2)c1)Nc1ccc(CCc2nnco2)cc1. The number of pyridine rings is 1. The molecule has 0 saturated carbocycles. The molecule has 4 aromatic rings. The van der Waals surface area contributed by atoms with Crippen LogP contribution in [0.5, 0.6) is 0 Å². The lowest BCUT2D eigenvalue weighted by Crippen LogP contribution is -2.35. The number of amides is 1. The maximum absolute atomic E-state index is 12.6. The van der Waals surface area contributed by atoms with Gasteiger partial charge in [0.15, 0.2) is 0 Å². The average Bonchev–Trinajstić information content (AvgIpc) is 3.60. The van der Waals surface area contributed by atoms with E-state index in [2.05, 4.69) is 36.8 Å². The van der Waals surface area contributed by atoms with Gasteiger partial charge in [-0.25, -0.2) is 0 Å².